The Morgan fingerprint density at radius 2 is 1.67 bits per heavy atom. The Labute approximate surface area is 158 Å². The second-order valence-corrected chi connectivity index (χ2v) is 7.05. The number of carbonyl (C=O) groups excluding carboxylic acids is 1. The molecular weight excluding hydrogens is 348 g/mol. The van der Waals surface area contributed by atoms with Crippen LogP contribution in [-0.4, -0.2) is 44.5 Å². The maximum absolute atomic E-state index is 13.9. The molecule has 27 heavy (non-hydrogen) atoms. The molecule has 1 atom stereocenters. The van der Waals surface area contributed by atoms with E-state index in [0.29, 0.717) is 6.54 Å². The largest absolute Gasteiger partial charge is 0.378 e. The molecule has 0 unspecified atom stereocenters. The average molecular weight is 373 g/mol. The fraction of sp³-hybridized carbons (Fsp3) is 0.381. The zero-order valence-electron chi connectivity index (χ0n) is 15.7. The summed E-state index contributed by atoms with van der Waals surface area (Å²) in [6.07, 6.45) is 2.23. The van der Waals surface area contributed by atoms with E-state index < -0.39 is 23.1 Å². The van der Waals surface area contributed by atoms with Crippen LogP contribution in [0.5, 0.6) is 0 Å². The molecule has 4 nitrogen and oxygen atoms in total. The molecule has 6 heteroatoms. The monoisotopic (exact) mass is 373 g/mol. The summed E-state index contributed by atoms with van der Waals surface area (Å²) in [5.74, 6) is -2.42. The van der Waals surface area contributed by atoms with Gasteiger partial charge >= 0.3 is 0 Å². The van der Waals surface area contributed by atoms with Gasteiger partial charge in [-0.05, 0) is 55.8 Å². The third-order valence-corrected chi connectivity index (χ3v) is 5.02. The van der Waals surface area contributed by atoms with Crippen LogP contribution in [0.3, 0.4) is 0 Å². The molecule has 1 saturated heterocycles. The molecule has 1 heterocycles. The summed E-state index contributed by atoms with van der Waals surface area (Å²) in [5.41, 5.74) is 1.65. The molecule has 3 rings (SSSR count). The van der Waals surface area contributed by atoms with Crippen LogP contribution in [0, 0.1) is 11.6 Å². The summed E-state index contributed by atoms with van der Waals surface area (Å²) in [6.45, 7) is 2.20. The van der Waals surface area contributed by atoms with E-state index in [1.165, 1.54) is 6.07 Å². The van der Waals surface area contributed by atoms with E-state index in [1.807, 2.05) is 43.3 Å². The molecule has 0 radical (unpaired) electrons. The first-order valence-electron chi connectivity index (χ1n) is 9.21. The number of benzene rings is 2. The summed E-state index contributed by atoms with van der Waals surface area (Å²) in [4.78, 5) is 16.7. The summed E-state index contributed by atoms with van der Waals surface area (Å²) < 4.78 is 27.7. The van der Waals surface area contributed by atoms with Crippen molar-refractivity contribution in [1.29, 1.82) is 0 Å². The summed E-state index contributed by atoms with van der Waals surface area (Å²) in [5, 5.41) is 2.72. The van der Waals surface area contributed by atoms with Crippen molar-refractivity contribution in [2.75, 3.05) is 38.6 Å². The van der Waals surface area contributed by atoms with Crippen molar-refractivity contribution in [2.45, 2.75) is 18.9 Å². The summed E-state index contributed by atoms with van der Waals surface area (Å²) in [7, 11) is 3.96. The van der Waals surface area contributed by atoms with Gasteiger partial charge in [-0.1, -0.05) is 18.2 Å². The minimum Gasteiger partial charge on any atom is -0.378 e. The fourth-order valence-electron chi connectivity index (χ4n) is 3.50. The van der Waals surface area contributed by atoms with E-state index >= 15 is 0 Å². The van der Waals surface area contributed by atoms with Crippen molar-refractivity contribution in [2.24, 2.45) is 0 Å². The highest BCUT2D eigenvalue weighted by atomic mass is 19.1. The first kappa shape index (κ1) is 19.3. The number of hydrogen-bond acceptors (Lipinski definition) is 3. The van der Waals surface area contributed by atoms with Crippen LogP contribution in [0.2, 0.25) is 0 Å². The number of nitrogens with one attached hydrogen (secondary N) is 1. The van der Waals surface area contributed by atoms with E-state index in [2.05, 4.69) is 10.2 Å². The van der Waals surface area contributed by atoms with Crippen molar-refractivity contribution in [3.63, 3.8) is 0 Å². The highest BCUT2D eigenvalue weighted by molar-refractivity contribution is 5.94. The normalized spacial score (nSPS) is 15.6. The van der Waals surface area contributed by atoms with E-state index in [9.17, 15) is 13.6 Å². The van der Waals surface area contributed by atoms with Crippen LogP contribution in [0.25, 0.3) is 0 Å². The third-order valence-electron chi connectivity index (χ3n) is 5.02. The van der Waals surface area contributed by atoms with Gasteiger partial charge in [0.1, 0.15) is 17.2 Å². The van der Waals surface area contributed by atoms with Gasteiger partial charge in [-0.3, -0.25) is 9.69 Å². The van der Waals surface area contributed by atoms with Gasteiger partial charge in [0.15, 0.2) is 0 Å². The molecule has 1 aliphatic rings. The molecule has 1 amide bonds. The minimum absolute atomic E-state index is 0.0255. The van der Waals surface area contributed by atoms with Crippen molar-refractivity contribution < 1.29 is 13.6 Å². The lowest BCUT2D eigenvalue weighted by Gasteiger charge is -2.28. The molecular formula is C21H25F2N3O. The van der Waals surface area contributed by atoms with E-state index in [0.717, 1.165) is 49.3 Å². The van der Waals surface area contributed by atoms with Crippen LogP contribution in [-0.2, 0) is 0 Å². The number of nitrogens with zero attached hydrogens (tertiary/aromatic N) is 2. The Morgan fingerprint density at radius 3 is 2.22 bits per heavy atom. The number of halogens is 2. The average Bonchev–Trinajstić information content (AvgIpc) is 3.16. The van der Waals surface area contributed by atoms with Crippen LogP contribution < -0.4 is 10.2 Å². The molecule has 0 aromatic heterocycles. The van der Waals surface area contributed by atoms with Crippen LogP contribution in [0.1, 0.15) is 34.8 Å². The molecule has 0 saturated carbocycles. The van der Waals surface area contributed by atoms with E-state index in [1.54, 1.807) is 0 Å². The standard InChI is InChI=1S/C21H25F2N3O/c1-25(2)16-10-8-15(9-11-16)19(26-12-3-4-13-26)14-24-21(27)20-17(22)6-5-7-18(20)23/h5-11,19H,3-4,12-14H2,1-2H3,(H,24,27)/t19-/m0/s1. The number of carbonyl (C=O) groups is 1. The smallest absolute Gasteiger partial charge is 0.257 e. The predicted octanol–water partition coefficient (Wildman–Crippen LogP) is 3.60. The maximum Gasteiger partial charge on any atom is 0.257 e. The molecule has 2 aromatic carbocycles. The van der Waals surface area contributed by atoms with Gasteiger partial charge < -0.3 is 10.2 Å². The second-order valence-electron chi connectivity index (χ2n) is 7.05. The Hall–Kier alpha value is -2.47. The number of anilines is 1. The maximum atomic E-state index is 13.9. The Balaban J connectivity index is 1.77. The highest BCUT2D eigenvalue weighted by Crippen LogP contribution is 2.26. The first-order valence-corrected chi connectivity index (χ1v) is 9.21. The second kappa shape index (κ2) is 8.48. The first-order chi connectivity index (χ1) is 13.0. The van der Waals surface area contributed by atoms with Crippen molar-refractivity contribution >= 4 is 11.6 Å². The minimum atomic E-state index is -0.847. The van der Waals surface area contributed by atoms with Crippen molar-refractivity contribution in [3.05, 3.63) is 65.2 Å². The topological polar surface area (TPSA) is 35.6 Å². The van der Waals surface area contributed by atoms with E-state index in [4.69, 9.17) is 0 Å². The molecule has 0 bridgehead atoms. The van der Waals surface area contributed by atoms with Gasteiger partial charge in [-0.25, -0.2) is 8.78 Å². The number of amides is 1. The number of likely N-dealkylation sites (tertiary alicyclic amines) is 1. The zero-order chi connectivity index (χ0) is 19.4. The van der Waals surface area contributed by atoms with Gasteiger partial charge in [0.05, 0.1) is 6.04 Å². The van der Waals surface area contributed by atoms with Gasteiger partial charge in [0.25, 0.3) is 5.91 Å². The van der Waals surface area contributed by atoms with Crippen LogP contribution in [0.15, 0.2) is 42.5 Å². The Kier molecular flexibility index (Phi) is 6.06. The Bertz CT molecular complexity index is 766. The lowest BCUT2D eigenvalue weighted by Crippen LogP contribution is -2.37. The lowest BCUT2D eigenvalue weighted by molar-refractivity contribution is 0.0929. The van der Waals surface area contributed by atoms with Crippen molar-refractivity contribution in [1.82, 2.24) is 10.2 Å². The molecule has 0 aliphatic carbocycles. The van der Waals surface area contributed by atoms with Crippen molar-refractivity contribution in [3.8, 4) is 0 Å². The van der Waals surface area contributed by atoms with Gasteiger partial charge in [0, 0.05) is 26.3 Å². The lowest BCUT2D eigenvalue weighted by atomic mass is 10.0. The number of hydrogen-bond donors (Lipinski definition) is 1. The summed E-state index contributed by atoms with van der Waals surface area (Å²) in [6, 6.07) is 11.6. The van der Waals surface area contributed by atoms with Gasteiger partial charge in [-0.2, -0.15) is 0 Å². The SMILES string of the molecule is CN(C)c1ccc([C@H](CNC(=O)c2c(F)cccc2F)N2CCCC2)cc1. The quantitative estimate of drug-likeness (QED) is 0.840. The summed E-state index contributed by atoms with van der Waals surface area (Å²) >= 11 is 0. The molecule has 144 valence electrons. The highest BCUT2D eigenvalue weighted by Gasteiger charge is 2.25. The number of rotatable bonds is 6. The van der Waals surface area contributed by atoms with Crippen LogP contribution >= 0.6 is 0 Å². The van der Waals surface area contributed by atoms with Gasteiger partial charge in [0.2, 0.25) is 0 Å². The van der Waals surface area contributed by atoms with Crippen LogP contribution in [0.4, 0.5) is 14.5 Å². The third kappa shape index (κ3) is 4.45. The van der Waals surface area contributed by atoms with Gasteiger partial charge in [-0.15, -0.1) is 0 Å². The molecule has 1 fully saturated rings. The fourth-order valence-corrected chi connectivity index (χ4v) is 3.50. The molecule has 1 aliphatic heterocycles. The molecule has 2 aromatic rings. The predicted molar refractivity (Wildman–Crippen MR) is 103 cm³/mol. The Morgan fingerprint density at radius 1 is 1.07 bits per heavy atom. The molecule has 0 spiro atoms. The van der Waals surface area contributed by atoms with E-state index in [-0.39, 0.29) is 6.04 Å². The zero-order valence-corrected chi connectivity index (χ0v) is 15.7. The molecule has 1 N–H and O–H groups in total.